The fourth-order valence-electron chi connectivity index (χ4n) is 1.80. The van der Waals surface area contributed by atoms with Gasteiger partial charge in [-0.15, -0.1) is 5.10 Å². The summed E-state index contributed by atoms with van der Waals surface area (Å²) in [7, 11) is 0. The molecule has 0 radical (unpaired) electrons. The van der Waals surface area contributed by atoms with Gasteiger partial charge in [-0.1, -0.05) is 17.7 Å². The third-order valence-electron chi connectivity index (χ3n) is 2.87. The van der Waals surface area contributed by atoms with Crippen LogP contribution < -0.4 is 14.4 Å². The van der Waals surface area contributed by atoms with Crippen LogP contribution in [0.3, 0.4) is 0 Å². The Labute approximate surface area is 127 Å². The van der Waals surface area contributed by atoms with Crippen LogP contribution in [0.1, 0.15) is 18.3 Å². The maximum absolute atomic E-state index is 10.5. The van der Waals surface area contributed by atoms with Crippen molar-refractivity contribution in [1.82, 2.24) is 10.2 Å². The number of rotatable bonds is 7. The van der Waals surface area contributed by atoms with Crippen LogP contribution in [-0.2, 0) is 17.9 Å². The summed E-state index contributed by atoms with van der Waals surface area (Å²) in [4.78, 5) is 10.5. The number of nitrogens with zero attached hydrogens (tertiary/aromatic N) is 2. The number of aliphatic carboxylic acids is 1. The Hall–Kier alpha value is -2.02. The van der Waals surface area contributed by atoms with Crippen molar-refractivity contribution >= 4 is 17.7 Å². The van der Waals surface area contributed by atoms with E-state index in [1.54, 1.807) is 0 Å². The number of carboxylic acid groups (broad SMARTS) is 1. The molecule has 0 unspecified atom stereocenters. The first-order chi connectivity index (χ1) is 10.1. The lowest BCUT2D eigenvalue weighted by molar-refractivity contribution is -0.737. The predicted molar refractivity (Wildman–Crippen MR) is 75.7 cm³/mol. The Balaban J connectivity index is 2.02. The molecule has 21 heavy (non-hydrogen) atoms. The summed E-state index contributed by atoms with van der Waals surface area (Å²) >= 11 is 1.13. The summed E-state index contributed by atoms with van der Waals surface area (Å²) < 4.78 is 7.59. The smallest absolute Gasteiger partial charge is 0.337 e. The van der Waals surface area contributed by atoms with Gasteiger partial charge in [-0.05, 0) is 37.7 Å². The lowest BCUT2D eigenvalue weighted by atomic mass is 10.2. The first-order valence-electron chi connectivity index (χ1n) is 6.59. The van der Waals surface area contributed by atoms with Crippen molar-refractivity contribution in [2.24, 2.45) is 0 Å². The van der Waals surface area contributed by atoms with Gasteiger partial charge in [-0.2, -0.15) is 0 Å². The second kappa shape index (κ2) is 7.12. The molecule has 0 bridgehead atoms. The fourth-order valence-corrected chi connectivity index (χ4v) is 2.56. The second-order valence-corrected chi connectivity index (χ2v) is 5.40. The molecular weight excluding hydrogens is 290 g/mol. The molecule has 0 saturated carbocycles. The van der Waals surface area contributed by atoms with E-state index < -0.39 is 5.97 Å². The maximum atomic E-state index is 10.5. The summed E-state index contributed by atoms with van der Waals surface area (Å²) in [6, 6.07) is 7.79. The van der Waals surface area contributed by atoms with Crippen LogP contribution in [0.25, 0.3) is 0 Å². The van der Waals surface area contributed by atoms with Crippen LogP contribution in [0.4, 0.5) is 0 Å². The van der Waals surface area contributed by atoms with Gasteiger partial charge in [-0.25, -0.2) is 4.57 Å². The Morgan fingerprint density at radius 1 is 1.43 bits per heavy atom. The highest BCUT2D eigenvalue weighted by Crippen LogP contribution is 2.14. The number of carboxylic acids is 1. The van der Waals surface area contributed by atoms with Crippen LogP contribution in [0, 0.1) is 6.92 Å². The van der Waals surface area contributed by atoms with Gasteiger partial charge in [0.25, 0.3) is 5.82 Å². The van der Waals surface area contributed by atoms with Gasteiger partial charge in [-0.3, -0.25) is 0 Å². The number of aromatic amines is 1. The van der Waals surface area contributed by atoms with Gasteiger partial charge >= 0.3 is 5.16 Å². The molecule has 112 valence electrons. The zero-order valence-electron chi connectivity index (χ0n) is 12.0. The summed E-state index contributed by atoms with van der Waals surface area (Å²) in [5, 5.41) is 18.1. The molecule has 0 fully saturated rings. The van der Waals surface area contributed by atoms with Crippen molar-refractivity contribution in [2.45, 2.75) is 32.2 Å². The number of hydrogen-bond acceptors (Lipinski definition) is 5. The number of hydrogen-bond donors (Lipinski definition) is 1. The molecule has 0 amide bonds. The first kappa shape index (κ1) is 15.4. The molecule has 0 atom stereocenters. The van der Waals surface area contributed by atoms with Gasteiger partial charge in [0, 0.05) is 5.75 Å². The normalized spacial score (nSPS) is 10.6. The standard InChI is InChI=1S/C14H17N3O3S/c1-3-17-12(15-16-14(17)21-9-13(18)19)8-20-11-6-4-10(2)5-7-11/h4-7H,3,8-9H2,1-2H3,(H,18,19). The molecule has 6 nitrogen and oxygen atoms in total. The van der Waals surface area contributed by atoms with E-state index in [1.807, 2.05) is 42.7 Å². The molecule has 1 N–H and O–H groups in total. The Kier molecular flexibility index (Phi) is 5.21. The Morgan fingerprint density at radius 3 is 2.76 bits per heavy atom. The molecule has 0 saturated heterocycles. The highest BCUT2D eigenvalue weighted by molar-refractivity contribution is 7.99. The lowest BCUT2D eigenvalue weighted by Gasteiger charge is -2.05. The van der Waals surface area contributed by atoms with E-state index in [4.69, 9.17) is 4.74 Å². The van der Waals surface area contributed by atoms with Crippen LogP contribution in [0.2, 0.25) is 0 Å². The quantitative estimate of drug-likeness (QED) is 0.593. The third-order valence-corrected chi connectivity index (χ3v) is 3.82. The monoisotopic (exact) mass is 307 g/mol. The number of thioether (sulfide) groups is 1. The molecule has 1 aromatic heterocycles. The lowest BCUT2D eigenvalue weighted by Crippen LogP contribution is -2.38. The average molecular weight is 307 g/mol. The van der Waals surface area contributed by atoms with Gasteiger partial charge in [0.1, 0.15) is 5.75 Å². The largest absolute Gasteiger partial charge is 0.549 e. The number of H-pyrrole nitrogens is 1. The zero-order chi connectivity index (χ0) is 15.2. The van der Waals surface area contributed by atoms with Crippen molar-refractivity contribution in [3.8, 4) is 5.75 Å². The highest BCUT2D eigenvalue weighted by atomic mass is 32.2. The summed E-state index contributed by atoms with van der Waals surface area (Å²) in [5.41, 5.74) is 1.17. The number of carbonyl (C=O) groups excluding carboxylic acids is 1. The molecule has 2 aromatic rings. The number of benzene rings is 1. The van der Waals surface area contributed by atoms with E-state index in [-0.39, 0.29) is 5.75 Å². The maximum Gasteiger partial charge on any atom is 0.337 e. The van der Waals surface area contributed by atoms with E-state index in [0.717, 1.165) is 23.3 Å². The molecule has 1 aromatic carbocycles. The molecular formula is C14H17N3O3S. The minimum Gasteiger partial charge on any atom is -0.549 e. The topological polar surface area (TPSA) is 81.9 Å². The van der Waals surface area contributed by atoms with Crippen LogP contribution >= 0.6 is 11.8 Å². The number of nitrogens with one attached hydrogen (secondary N) is 1. The van der Waals surface area contributed by atoms with E-state index in [0.29, 0.717) is 18.3 Å². The van der Waals surface area contributed by atoms with Crippen LogP contribution in [-0.4, -0.2) is 21.9 Å². The van der Waals surface area contributed by atoms with Crippen molar-refractivity contribution in [3.63, 3.8) is 0 Å². The van der Waals surface area contributed by atoms with E-state index in [9.17, 15) is 9.90 Å². The summed E-state index contributed by atoms with van der Waals surface area (Å²) in [5.74, 6) is 0.340. The zero-order valence-corrected chi connectivity index (χ0v) is 12.8. The first-order valence-corrected chi connectivity index (χ1v) is 7.58. The van der Waals surface area contributed by atoms with Gasteiger partial charge in [0.05, 0.1) is 17.6 Å². The third kappa shape index (κ3) is 4.22. The van der Waals surface area contributed by atoms with Crippen molar-refractivity contribution in [1.29, 1.82) is 0 Å². The Bertz CT molecular complexity index is 610. The molecule has 7 heteroatoms. The molecule has 0 spiro atoms. The summed E-state index contributed by atoms with van der Waals surface area (Å²) in [6.07, 6.45) is 0. The molecule has 1 heterocycles. The fraction of sp³-hybridized carbons (Fsp3) is 0.357. The number of aromatic nitrogens is 3. The van der Waals surface area contributed by atoms with E-state index in [1.165, 1.54) is 5.56 Å². The average Bonchev–Trinajstić information content (AvgIpc) is 2.86. The molecule has 0 aliphatic rings. The van der Waals surface area contributed by atoms with Crippen LogP contribution in [0.5, 0.6) is 5.75 Å². The van der Waals surface area contributed by atoms with Gasteiger partial charge < -0.3 is 14.6 Å². The van der Waals surface area contributed by atoms with Crippen molar-refractivity contribution < 1.29 is 19.2 Å². The second-order valence-electron chi connectivity index (χ2n) is 4.46. The SMILES string of the molecule is CC[n+]1c(SCC(=O)[O-])n[nH]c1COc1ccc(C)cc1. The van der Waals surface area contributed by atoms with Gasteiger partial charge in [0.2, 0.25) is 0 Å². The number of carbonyl (C=O) groups is 1. The Morgan fingerprint density at radius 2 is 2.14 bits per heavy atom. The number of ether oxygens (including phenoxy) is 1. The minimum absolute atomic E-state index is 0.122. The molecule has 0 aliphatic heterocycles. The van der Waals surface area contributed by atoms with E-state index in [2.05, 4.69) is 10.2 Å². The van der Waals surface area contributed by atoms with Crippen molar-refractivity contribution in [3.05, 3.63) is 35.7 Å². The number of aryl methyl sites for hydroxylation is 1. The van der Waals surface area contributed by atoms with Crippen LogP contribution in [0.15, 0.2) is 29.4 Å². The predicted octanol–water partition coefficient (Wildman–Crippen LogP) is 0.447. The molecule has 0 aliphatic carbocycles. The minimum atomic E-state index is -1.11. The van der Waals surface area contributed by atoms with Crippen molar-refractivity contribution in [2.75, 3.05) is 5.75 Å². The van der Waals surface area contributed by atoms with E-state index >= 15 is 0 Å². The van der Waals surface area contributed by atoms with Gasteiger partial charge in [0.15, 0.2) is 6.61 Å². The highest BCUT2D eigenvalue weighted by Gasteiger charge is 2.19. The molecule has 2 rings (SSSR count). The summed E-state index contributed by atoms with van der Waals surface area (Å²) in [6.45, 7) is 5.01.